The monoisotopic (exact) mass is 440 g/mol. The second-order valence-corrected chi connectivity index (χ2v) is 8.71. The van der Waals surface area contributed by atoms with Gasteiger partial charge >= 0.3 is 0 Å². The molecule has 0 aliphatic carbocycles. The molecule has 2 heterocycles. The van der Waals surface area contributed by atoms with Crippen LogP contribution in [0.1, 0.15) is 27.0 Å². The summed E-state index contributed by atoms with van der Waals surface area (Å²) in [5.41, 5.74) is 4.15. The molecule has 0 spiro atoms. The second kappa shape index (κ2) is 8.05. The fraction of sp³-hybridized carbons (Fsp3) is 0.115. The van der Waals surface area contributed by atoms with Gasteiger partial charge in [-0.2, -0.15) is 0 Å². The van der Waals surface area contributed by atoms with Gasteiger partial charge in [0.2, 0.25) is 5.43 Å². The summed E-state index contributed by atoms with van der Waals surface area (Å²) in [7, 11) is 0. The first-order valence-electron chi connectivity index (χ1n) is 10.3. The summed E-state index contributed by atoms with van der Waals surface area (Å²) in [5, 5.41) is 0.934. The van der Waals surface area contributed by atoms with E-state index in [4.69, 9.17) is 9.40 Å². The predicted octanol–water partition coefficient (Wildman–Crippen LogP) is 5.87. The van der Waals surface area contributed by atoms with E-state index < -0.39 is 5.91 Å². The van der Waals surface area contributed by atoms with Crippen LogP contribution >= 0.6 is 11.3 Å². The van der Waals surface area contributed by atoms with Crippen LogP contribution in [0.15, 0.2) is 82.2 Å². The Balaban J connectivity index is 1.65. The fourth-order valence-corrected chi connectivity index (χ4v) is 4.72. The number of carbonyl (C=O) groups is 1. The van der Waals surface area contributed by atoms with Gasteiger partial charge in [0.1, 0.15) is 17.4 Å². The van der Waals surface area contributed by atoms with E-state index in [1.807, 2.05) is 50.2 Å². The van der Waals surface area contributed by atoms with E-state index in [0.29, 0.717) is 22.6 Å². The predicted molar refractivity (Wildman–Crippen MR) is 129 cm³/mol. The number of hydrogen-bond donors (Lipinski definition) is 0. The highest BCUT2D eigenvalue weighted by atomic mass is 32.1. The highest BCUT2D eigenvalue weighted by Gasteiger charge is 2.25. The number of nitrogens with zero attached hydrogens (tertiary/aromatic N) is 2. The number of anilines is 1. The molecule has 0 saturated carbocycles. The van der Waals surface area contributed by atoms with E-state index >= 15 is 0 Å². The zero-order chi connectivity index (χ0) is 22.2. The van der Waals surface area contributed by atoms with Crippen molar-refractivity contribution in [2.45, 2.75) is 20.4 Å². The van der Waals surface area contributed by atoms with E-state index in [1.54, 1.807) is 29.2 Å². The van der Waals surface area contributed by atoms with Gasteiger partial charge in [0.15, 0.2) is 5.13 Å². The van der Waals surface area contributed by atoms with Gasteiger partial charge in [0, 0.05) is 0 Å². The SMILES string of the molecule is Cc1ccc2sc(N(Cc3ccccc3)C(=O)c3coc4ccccc4c3=O)nc2c1C. The number of para-hydroxylation sites is 1. The number of hydrogen-bond acceptors (Lipinski definition) is 5. The van der Waals surface area contributed by atoms with Crippen LogP contribution in [-0.2, 0) is 6.54 Å². The van der Waals surface area contributed by atoms with Gasteiger partial charge < -0.3 is 4.42 Å². The van der Waals surface area contributed by atoms with Crippen molar-refractivity contribution < 1.29 is 9.21 Å². The standard InChI is InChI=1S/C26H20N2O3S/c1-16-12-13-22-23(17(16)2)27-26(32-22)28(14-18-8-4-3-5-9-18)25(30)20-15-31-21-11-7-6-10-19(21)24(20)29/h3-13,15H,14H2,1-2H3. The van der Waals surface area contributed by atoms with E-state index in [1.165, 1.54) is 17.6 Å². The number of fused-ring (bicyclic) bond motifs is 2. The van der Waals surface area contributed by atoms with Crippen LogP contribution in [0.3, 0.4) is 0 Å². The molecule has 158 valence electrons. The Morgan fingerprint density at radius 1 is 1.00 bits per heavy atom. The molecule has 0 N–H and O–H groups in total. The molecule has 5 nitrogen and oxygen atoms in total. The lowest BCUT2D eigenvalue weighted by atomic mass is 10.1. The largest absolute Gasteiger partial charge is 0.463 e. The molecule has 0 bridgehead atoms. The maximum atomic E-state index is 13.7. The number of amides is 1. The third-order valence-electron chi connectivity index (χ3n) is 5.64. The van der Waals surface area contributed by atoms with E-state index in [2.05, 4.69) is 6.07 Å². The maximum Gasteiger partial charge on any atom is 0.267 e. The lowest BCUT2D eigenvalue weighted by Crippen LogP contribution is -2.33. The summed E-state index contributed by atoms with van der Waals surface area (Å²) in [6.07, 6.45) is 1.26. The summed E-state index contributed by atoms with van der Waals surface area (Å²) in [4.78, 5) is 33.1. The zero-order valence-corrected chi connectivity index (χ0v) is 18.5. The molecule has 0 unspecified atom stereocenters. The number of thiazole rings is 1. The Morgan fingerprint density at radius 2 is 1.75 bits per heavy atom. The minimum absolute atomic E-state index is 0.00760. The molecule has 5 aromatic rings. The number of aromatic nitrogens is 1. The Bertz CT molecular complexity index is 1520. The van der Waals surface area contributed by atoms with Crippen LogP contribution < -0.4 is 10.3 Å². The maximum absolute atomic E-state index is 13.7. The summed E-state index contributed by atoms with van der Waals surface area (Å²) in [6, 6.07) is 20.7. The van der Waals surface area contributed by atoms with E-state index in [0.717, 1.165) is 26.9 Å². The van der Waals surface area contributed by atoms with Gasteiger partial charge in [-0.1, -0.05) is 59.9 Å². The molecule has 0 radical (unpaired) electrons. The van der Waals surface area contributed by atoms with Crippen molar-refractivity contribution >= 4 is 43.6 Å². The molecule has 0 saturated heterocycles. The molecule has 2 aromatic heterocycles. The Kier molecular flexibility index (Phi) is 5.07. The van der Waals surface area contributed by atoms with Gasteiger partial charge in [-0.25, -0.2) is 4.98 Å². The molecule has 5 rings (SSSR count). The van der Waals surface area contributed by atoms with Crippen molar-refractivity contribution in [1.29, 1.82) is 0 Å². The van der Waals surface area contributed by atoms with Crippen LogP contribution in [0.25, 0.3) is 21.2 Å². The number of carbonyl (C=O) groups excluding carboxylic acids is 1. The van der Waals surface area contributed by atoms with E-state index in [9.17, 15) is 9.59 Å². The average Bonchev–Trinajstić information content (AvgIpc) is 3.25. The summed E-state index contributed by atoms with van der Waals surface area (Å²) >= 11 is 1.44. The highest BCUT2D eigenvalue weighted by molar-refractivity contribution is 7.22. The first-order chi connectivity index (χ1) is 15.5. The van der Waals surface area contributed by atoms with Crippen LogP contribution in [0.5, 0.6) is 0 Å². The average molecular weight is 441 g/mol. The molecule has 0 aliphatic rings. The Labute approximate surface area is 188 Å². The molecule has 32 heavy (non-hydrogen) atoms. The number of aryl methyl sites for hydroxylation is 2. The van der Waals surface area contributed by atoms with Gasteiger partial charge in [0.25, 0.3) is 5.91 Å². The first kappa shape index (κ1) is 20.2. The second-order valence-electron chi connectivity index (χ2n) is 7.70. The van der Waals surface area contributed by atoms with Crippen molar-refractivity contribution in [3.8, 4) is 0 Å². The van der Waals surface area contributed by atoms with Crippen LogP contribution in [0.4, 0.5) is 5.13 Å². The van der Waals surface area contributed by atoms with Crippen molar-refractivity contribution in [3.05, 3.63) is 105 Å². The lowest BCUT2D eigenvalue weighted by molar-refractivity contribution is 0.0982. The number of rotatable bonds is 4. The fourth-order valence-electron chi connectivity index (χ4n) is 3.69. The lowest BCUT2D eigenvalue weighted by Gasteiger charge is -2.19. The number of benzene rings is 3. The minimum Gasteiger partial charge on any atom is -0.463 e. The minimum atomic E-state index is -0.429. The van der Waals surface area contributed by atoms with Crippen LogP contribution in [-0.4, -0.2) is 10.9 Å². The van der Waals surface area contributed by atoms with Crippen LogP contribution in [0.2, 0.25) is 0 Å². The summed E-state index contributed by atoms with van der Waals surface area (Å²) < 4.78 is 6.61. The summed E-state index contributed by atoms with van der Waals surface area (Å²) in [5.74, 6) is -0.429. The van der Waals surface area contributed by atoms with Gasteiger partial charge in [-0.15, -0.1) is 0 Å². The molecule has 1 amide bonds. The zero-order valence-electron chi connectivity index (χ0n) is 17.7. The molecule has 6 heteroatoms. The van der Waals surface area contributed by atoms with Gasteiger partial charge in [0.05, 0.1) is 22.1 Å². The quantitative estimate of drug-likeness (QED) is 0.351. The Morgan fingerprint density at radius 3 is 2.56 bits per heavy atom. The van der Waals surface area contributed by atoms with Crippen molar-refractivity contribution in [2.75, 3.05) is 4.90 Å². The topological polar surface area (TPSA) is 63.4 Å². The summed E-state index contributed by atoms with van der Waals surface area (Å²) in [6.45, 7) is 4.37. The molecular formula is C26H20N2O3S. The van der Waals surface area contributed by atoms with Gasteiger partial charge in [-0.05, 0) is 48.7 Å². The third kappa shape index (κ3) is 3.48. The first-order valence-corrected chi connectivity index (χ1v) is 11.1. The van der Waals surface area contributed by atoms with Gasteiger partial charge in [-0.3, -0.25) is 14.5 Å². The molecule has 0 aliphatic heterocycles. The van der Waals surface area contributed by atoms with Crippen LogP contribution in [0, 0.1) is 13.8 Å². The molecule has 3 aromatic carbocycles. The molecule has 0 fully saturated rings. The Hall–Kier alpha value is -3.77. The smallest absolute Gasteiger partial charge is 0.267 e. The van der Waals surface area contributed by atoms with Crippen molar-refractivity contribution in [3.63, 3.8) is 0 Å². The van der Waals surface area contributed by atoms with Crippen molar-refractivity contribution in [1.82, 2.24) is 4.98 Å². The molecule has 0 atom stereocenters. The van der Waals surface area contributed by atoms with E-state index in [-0.39, 0.29) is 11.0 Å². The third-order valence-corrected chi connectivity index (χ3v) is 6.69. The highest BCUT2D eigenvalue weighted by Crippen LogP contribution is 2.33. The normalized spacial score (nSPS) is 11.2. The van der Waals surface area contributed by atoms with Crippen molar-refractivity contribution in [2.24, 2.45) is 0 Å². The molecular weight excluding hydrogens is 420 g/mol.